The number of rotatable bonds is 0. The van der Waals surface area contributed by atoms with Gasteiger partial charge in [0.05, 0.1) is 6.21 Å². The van der Waals surface area contributed by atoms with Crippen molar-refractivity contribution in [3.63, 3.8) is 0 Å². The van der Waals surface area contributed by atoms with Crippen LogP contribution in [0.3, 0.4) is 0 Å². The molecule has 0 spiro atoms. The van der Waals surface area contributed by atoms with Gasteiger partial charge in [0, 0.05) is 12.4 Å². The van der Waals surface area contributed by atoms with Crippen molar-refractivity contribution in [1.29, 1.82) is 0 Å². The highest BCUT2D eigenvalue weighted by Gasteiger charge is 2.19. The zero-order valence-electron chi connectivity index (χ0n) is 4.20. The van der Waals surface area contributed by atoms with E-state index in [9.17, 15) is 0 Å². The molecule has 4 heteroatoms. The standard InChI is InChI=1S/C4H6N4/c1-2-8-4(5-1)3-6-7-8/h1-5,7H. The largest absolute Gasteiger partial charge is 0.364 e. The molecule has 1 atom stereocenters. The van der Waals surface area contributed by atoms with Crippen LogP contribution in [0.1, 0.15) is 0 Å². The van der Waals surface area contributed by atoms with Crippen molar-refractivity contribution < 1.29 is 0 Å². The van der Waals surface area contributed by atoms with Crippen LogP contribution in [0.5, 0.6) is 0 Å². The fraction of sp³-hybridized carbons (Fsp3) is 0.250. The molecule has 0 radical (unpaired) electrons. The summed E-state index contributed by atoms with van der Waals surface area (Å²) in [6.45, 7) is 0. The van der Waals surface area contributed by atoms with Crippen LogP contribution in [0.2, 0.25) is 0 Å². The molecule has 2 aliphatic rings. The summed E-state index contributed by atoms with van der Waals surface area (Å²) in [5, 5.41) is 8.73. The topological polar surface area (TPSA) is 39.7 Å². The Bertz CT molecular complexity index is 132. The third-order valence-electron chi connectivity index (χ3n) is 1.19. The Hall–Kier alpha value is -1.19. The van der Waals surface area contributed by atoms with E-state index in [4.69, 9.17) is 0 Å². The lowest BCUT2D eigenvalue weighted by molar-refractivity contribution is 0.283. The Labute approximate surface area is 46.8 Å². The highest BCUT2D eigenvalue weighted by molar-refractivity contribution is 5.66. The molecule has 2 N–H and O–H groups in total. The van der Waals surface area contributed by atoms with Crippen LogP contribution in [0.25, 0.3) is 0 Å². The lowest BCUT2D eigenvalue weighted by Gasteiger charge is -2.12. The van der Waals surface area contributed by atoms with E-state index < -0.39 is 0 Å². The summed E-state index contributed by atoms with van der Waals surface area (Å²) in [5.74, 6) is 0. The second kappa shape index (κ2) is 1.15. The van der Waals surface area contributed by atoms with Gasteiger partial charge in [0.1, 0.15) is 0 Å². The summed E-state index contributed by atoms with van der Waals surface area (Å²) in [7, 11) is 0. The first kappa shape index (κ1) is 3.77. The van der Waals surface area contributed by atoms with Crippen LogP contribution < -0.4 is 10.9 Å². The summed E-state index contributed by atoms with van der Waals surface area (Å²) in [4.78, 5) is 0. The van der Waals surface area contributed by atoms with Gasteiger partial charge in [-0.2, -0.15) is 5.10 Å². The monoisotopic (exact) mass is 110 g/mol. The molecule has 0 saturated heterocycles. The Morgan fingerprint density at radius 2 is 2.62 bits per heavy atom. The van der Waals surface area contributed by atoms with E-state index in [0.717, 1.165) is 0 Å². The number of hydrogen-bond acceptors (Lipinski definition) is 4. The smallest absolute Gasteiger partial charge is 0.157 e. The molecule has 0 saturated carbocycles. The quantitative estimate of drug-likeness (QED) is 0.428. The molecule has 0 aromatic carbocycles. The van der Waals surface area contributed by atoms with Gasteiger partial charge >= 0.3 is 0 Å². The molecule has 0 bridgehead atoms. The number of hydrogen-bond donors (Lipinski definition) is 2. The van der Waals surface area contributed by atoms with Gasteiger partial charge in [0.15, 0.2) is 6.17 Å². The highest BCUT2D eigenvalue weighted by atomic mass is 15.7. The number of nitrogens with one attached hydrogen (secondary N) is 2. The average Bonchev–Trinajstić information content (AvgIpc) is 2.15. The highest BCUT2D eigenvalue weighted by Crippen LogP contribution is 2.01. The van der Waals surface area contributed by atoms with E-state index >= 15 is 0 Å². The molecule has 2 aliphatic heterocycles. The molecule has 0 aromatic rings. The van der Waals surface area contributed by atoms with Gasteiger partial charge in [0.25, 0.3) is 0 Å². The van der Waals surface area contributed by atoms with Crippen LogP contribution in [0, 0.1) is 0 Å². The van der Waals surface area contributed by atoms with E-state index in [1.54, 1.807) is 6.21 Å². The number of hydrazine groups is 1. The van der Waals surface area contributed by atoms with Gasteiger partial charge in [-0.05, 0) is 0 Å². The molecule has 42 valence electrons. The molecule has 4 nitrogen and oxygen atoms in total. The lowest BCUT2D eigenvalue weighted by atomic mass is 10.6. The Morgan fingerprint density at radius 3 is 3.50 bits per heavy atom. The minimum Gasteiger partial charge on any atom is -0.364 e. The average molecular weight is 110 g/mol. The van der Waals surface area contributed by atoms with Crippen LogP contribution in [0.4, 0.5) is 0 Å². The Kier molecular flexibility index (Phi) is 0.542. The summed E-state index contributed by atoms with van der Waals surface area (Å²) < 4.78 is 0. The van der Waals surface area contributed by atoms with E-state index in [-0.39, 0.29) is 6.17 Å². The molecule has 2 rings (SSSR count). The van der Waals surface area contributed by atoms with Gasteiger partial charge in [-0.1, -0.05) is 0 Å². The third-order valence-corrected chi connectivity index (χ3v) is 1.19. The fourth-order valence-corrected chi connectivity index (χ4v) is 0.776. The summed E-state index contributed by atoms with van der Waals surface area (Å²) >= 11 is 0. The molecule has 2 heterocycles. The SMILES string of the molecule is C1=CN2NN=CC2N1. The third kappa shape index (κ3) is 0.318. The number of hydrazone groups is 1. The maximum absolute atomic E-state index is 3.81. The first-order chi connectivity index (χ1) is 3.97. The summed E-state index contributed by atoms with van der Waals surface area (Å²) in [5.41, 5.74) is 2.77. The molecular formula is C4H6N4. The number of fused-ring (bicyclic) bond motifs is 1. The first-order valence-electron chi connectivity index (χ1n) is 2.47. The lowest BCUT2D eigenvalue weighted by Crippen LogP contribution is -2.36. The molecular weight excluding hydrogens is 104 g/mol. The normalized spacial score (nSPS) is 30.0. The van der Waals surface area contributed by atoms with Crippen molar-refractivity contribution in [2.24, 2.45) is 5.10 Å². The van der Waals surface area contributed by atoms with Gasteiger partial charge in [-0.25, -0.2) is 10.5 Å². The maximum Gasteiger partial charge on any atom is 0.157 e. The summed E-state index contributed by atoms with van der Waals surface area (Å²) in [6.07, 6.45) is 5.83. The molecule has 0 aromatic heterocycles. The molecule has 1 unspecified atom stereocenters. The van der Waals surface area contributed by atoms with Crippen molar-refractivity contribution in [1.82, 2.24) is 15.9 Å². The Balaban J connectivity index is 2.20. The summed E-state index contributed by atoms with van der Waals surface area (Å²) in [6, 6.07) is 0. The van der Waals surface area contributed by atoms with Crippen molar-refractivity contribution in [3.05, 3.63) is 12.4 Å². The second-order valence-electron chi connectivity index (χ2n) is 1.71. The van der Waals surface area contributed by atoms with Crippen molar-refractivity contribution in [2.75, 3.05) is 0 Å². The van der Waals surface area contributed by atoms with E-state index in [2.05, 4.69) is 16.0 Å². The Morgan fingerprint density at radius 1 is 1.62 bits per heavy atom. The maximum atomic E-state index is 3.81. The zero-order valence-corrected chi connectivity index (χ0v) is 4.20. The fourth-order valence-electron chi connectivity index (χ4n) is 0.776. The van der Waals surface area contributed by atoms with Crippen molar-refractivity contribution in [2.45, 2.75) is 6.17 Å². The van der Waals surface area contributed by atoms with E-state index in [1.165, 1.54) is 0 Å². The van der Waals surface area contributed by atoms with Crippen LogP contribution >= 0.6 is 0 Å². The van der Waals surface area contributed by atoms with Crippen LogP contribution in [-0.2, 0) is 0 Å². The van der Waals surface area contributed by atoms with E-state index in [0.29, 0.717) is 0 Å². The second-order valence-corrected chi connectivity index (χ2v) is 1.71. The molecule has 0 aliphatic carbocycles. The van der Waals surface area contributed by atoms with Gasteiger partial charge < -0.3 is 5.32 Å². The van der Waals surface area contributed by atoms with Crippen molar-refractivity contribution >= 4 is 6.21 Å². The van der Waals surface area contributed by atoms with Gasteiger partial charge in [0.2, 0.25) is 0 Å². The minimum absolute atomic E-state index is 0.245. The van der Waals surface area contributed by atoms with Gasteiger partial charge in [-0.15, -0.1) is 0 Å². The number of nitrogens with zero attached hydrogens (tertiary/aromatic N) is 2. The zero-order chi connectivity index (χ0) is 5.40. The van der Waals surface area contributed by atoms with Crippen molar-refractivity contribution in [3.8, 4) is 0 Å². The van der Waals surface area contributed by atoms with Crippen LogP contribution in [0.15, 0.2) is 17.5 Å². The molecule has 8 heavy (non-hydrogen) atoms. The molecule has 0 amide bonds. The first-order valence-corrected chi connectivity index (χ1v) is 2.47. The van der Waals surface area contributed by atoms with Gasteiger partial charge in [-0.3, -0.25) is 0 Å². The minimum atomic E-state index is 0.245. The van der Waals surface area contributed by atoms with Crippen LogP contribution in [-0.4, -0.2) is 17.4 Å². The predicted molar refractivity (Wildman–Crippen MR) is 29.5 cm³/mol. The molecule has 0 fully saturated rings. The van der Waals surface area contributed by atoms with E-state index in [1.807, 2.05) is 17.4 Å². The predicted octanol–water partition coefficient (Wildman–Crippen LogP) is -0.807.